The van der Waals surface area contributed by atoms with Crippen LogP contribution in [0.15, 0.2) is 23.6 Å². The quantitative estimate of drug-likeness (QED) is 0.884. The number of hydrogen-bond donors (Lipinski definition) is 2. The Labute approximate surface area is 113 Å². The molecule has 1 aromatic heterocycles. The fourth-order valence-electron chi connectivity index (χ4n) is 1.69. The molecule has 100 valence electrons. The highest BCUT2D eigenvalue weighted by atomic mass is 32.1. The molecule has 0 aliphatic heterocycles. The van der Waals surface area contributed by atoms with Gasteiger partial charge in [-0.05, 0) is 19.1 Å². The molecule has 0 atom stereocenters. The lowest BCUT2D eigenvalue weighted by atomic mass is 10.1. The van der Waals surface area contributed by atoms with Gasteiger partial charge < -0.3 is 10.4 Å². The minimum Gasteiger partial charge on any atom is -0.478 e. The molecule has 0 aliphatic rings. The summed E-state index contributed by atoms with van der Waals surface area (Å²) in [6.07, 6.45) is 0.631. The maximum atomic E-state index is 13.6. The van der Waals surface area contributed by atoms with Crippen molar-refractivity contribution in [3.05, 3.63) is 45.7 Å². The zero-order chi connectivity index (χ0) is 13.8. The van der Waals surface area contributed by atoms with Gasteiger partial charge in [-0.2, -0.15) is 0 Å². The average molecular weight is 280 g/mol. The molecule has 0 saturated carbocycles. The van der Waals surface area contributed by atoms with E-state index in [4.69, 9.17) is 5.11 Å². The molecule has 0 aliphatic carbocycles. The van der Waals surface area contributed by atoms with Crippen LogP contribution >= 0.6 is 11.3 Å². The van der Waals surface area contributed by atoms with Crippen LogP contribution in [-0.4, -0.2) is 22.6 Å². The van der Waals surface area contributed by atoms with Gasteiger partial charge in [-0.15, -0.1) is 11.3 Å². The van der Waals surface area contributed by atoms with Crippen molar-refractivity contribution in [1.82, 2.24) is 4.98 Å². The van der Waals surface area contributed by atoms with E-state index in [0.717, 1.165) is 10.7 Å². The Morgan fingerprint density at radius 3 is 2.95 bits per heavy atom. The highest BCUT2D eigenvalue weighted by Gasteiger charge is 2.13. The Hall–Kier alpha value is -1.95. The van der Waals surface area contributed by atoms with Gasteiger partial charge in [0.05, 0.1) is 16.3 Å². The van der Waals surface area contributed by atoms with Crippen molar-refractivity contribution < 1.29 is 14.3 Å². The first-order valence-corrected chi connectivity index (χ1v) is 6.62. The lowest BCUT2D eigenvalue weighted by Crippen LogP contribution is -2.11. The zero-order valence-electron chi connectivity index (χ0n) is 10.3. The number of hydrogen-bond acceptors (Lipinski definition) is 4. The van der Waals surface area contributed by atoms with E-state index in [0.29, 0.717) is 13.0 Å². The van der Waals surface area contributed by atoms with Gasteiger partial charge in [0.25, 0.3) is 0 Å². The molecule has 19 heavy (non-hydrogen) atoms. The van der Waals surface area contributed by atoms with Gasteiger partial charge in [0, 0.05) is 24.0 Å². The van der Waals surface area contributed by atoms with E-state index < -0.39 is 11.8 Å². The molecule has 2 rings (SSSR count). The molecular formula is C13H13FN2O2S. The third-order valence-electron chi connectivity index (χ3n) is 2.55. The number of aromatic nitrogens is 1. The molecule has 6 heteroatoms. The molecule has 1 aromatic carbocycles. The molecule has 2 N–H and O–H groups in total. The third kappa shape index (κ3) is 3.29. The zero-order valence-corrected chi connectivity index (χ0v) is 11.1. The first kappa shape index (κ1) is 13.5. The summed E-state index contributed by atoms with van der Waals surface area (Å²) in [6.45, 7) is 2.35. The van der Waals surface area contributed by atoms with Crippen molar-refractivity contribution in [3.63, 3.8) is 0 Å². The summed E-state index contributed by atoms with van der Waals surface area (Å²) in [7, 11) is 0. The number of rotatable bonds is 5. The van der Waals surface area contributed by atoms with E-state index in [2.05, 4.69) is 10.3 Å². The molecule has 0 radical (unpaired) electrons. The highest BCUT2D eigenvalue weighted by molar-refractivity contribution is 7.09. The van der Waals surface area contributed by atoms with Crippen LogP contribution in [0.1, 0.15) is 21.1 Å². The van der Waals surface area contributed by atoms with Crippen molar-refractivity contribution in [2.24, 2.45) is 0 Å². The van der Waals surface area contributed by atoms with Crippen molar-refractivity contribution >= 4 is 23.0 Å². The molecule has 4 nitrogen and oxygen atoms in total. The number of carboxylic acids is 1. The number of aryl methyl sites for hydroxylation is 1. The molecule has 0 saturated heterocycles. The van der Waals surface area contributed by atoms with E-state index in [1.54, 1.807) is 0 Å². The number of carboxylic acid groups (broad SMARTS) is 1. The molecule has 0 spiro atoms. The van der Waals surface area contributed by atoms with Gasteiger partial charge in [-0.1, -0.05) is 6.07 Å². The summed E-state index contributed by atoms with van der Waals surface area (Å²) in [4.78, 5) is 15.3. The number of nitrogens with one attached hydrogen (secondary N) is 1. The summed E-state index contributed by atoms with van der Waals surface area (Å²) in [6, 6.07) is 4.00. The maximum absolute atomic E-state index is 13.6. The lowest BCUT2D eigenvalue weighted by Gasteiger charge is -2.09. The predicted octanol–water partition coefficient (Wildman–Crippen LogP) is 2.94. The van der Waals surface area contributed by atoms with Crippen LogP contribution < -0.4 is 5.32 Å². The maximum Gasteiger partial charge on any atom is 0.337 e. The normalized spacial score (nSPS) is 10.4. The van der Waals surface area contributed by atoms with Crippen molar-refractivity contribution in [1.29, 1.82) is 0 Å². The van der Waals surface area contributed by atoms with Gasteiger partial charge in [0.1, 0.15) is 5.82 Å². The van der Waals surface area contributed by atoms with Gasteiger partial charge in [-0.25, -0.2) is 14.2 Å². The second-order valence-electron chi connectivity index (χ2n) is 4.03. The fraction of sp³-hybridized carbons (Fsp3) is 0.231. The average Bonchev–Trinajstić information content (AvgIpc) is 2.77. The van der Waals surface area contributed by atoms with E-state index in [1.807, 2.05) is 12.3 Å². The third-order valence-corrected chi connectivity index (χ3v) is 3.58. The SMILES string of the molecule is Cc1csc(CCNc2c(F)cccc2C(=O)O)n1. The number of aromatic carboxylic acids is 1. The monoisotopic (exact) mass is 280 g/mol. The van der Waals surface area contributed by atoms with Crippen LogP contribution in [0.25, 0.3) is 0 Å². The van der Waals surface area contributed by atoms with Crippen molar-refractivity contribution in [2.45, 2.75) is 13.3 Å². The van der Waals surface area contributed by atoms with Crippen molar-refractivity contribution in [3.8, 4) is 0 Å². The number of benzene rings is 1. The summed E-state index contributed by atoms with van der Waals surface area (Å²) < 4.78 is 13.6. The van der Waals surface area contributed by atoms with Crippen LogP contribution in [0.4, 0.5) is 10.1 Å². The smallest absolute Gasteiger partial charge is 0.337 e. The summed E-state index contributed by atoms with van der Waals surface area (Å²) >= 11 is 1.54. The standard InChI is InChI=1S/C13H13FN2O2S/c1-8-7-19-11(16-8)5-6-15-12-9(13(17)18)3-2-4-10(12)14/h2-4,7,15H,5-6H2,1H3,(H,17,18). The summed E-state index contributed by atoms with van der Waals surface area (Å²) in [5.41, 5.74) is 0.927. The molecule has 0 fully saturated rings. The Bertz CT molecular complexity index is 598. The van der Waals surface area contributed by atoms with Crippen molar-refractivity contribution in [2.75, 3.05) is 11.9 Å². The molecule has 0 bridgehead atoms. The highest BCUT2D eigenvalue weighted by Crippen LogP contribution is 2.20. The number of carbonyl (C=O) groups is 1. The predicted molar refractivity (Wildman–Crippen MR) is 72.4 cm³/mol. The Kier molecular flexibility index (Phi) is 4.11. The second-order valence-corrected chi connectivity index (χ2v) is 4.97. The largest absolute Gasteiger partial charge is 0.478 e. The van der Waals surface area contributed by atoms with Gasteiger partial charge in [-0.3, -0.25) is 0 Å². The number of thiazole rings is 1. The molecule has 2 aromatic rings. The van der Waals surface area contributed by atoms with Crippen LogP contribution in [-0.2, 0) is 6.42 Å². The number of nitrogens with zero attached hydrogens (tertiary/aromatic N) is 1. The number of anilines is 1. The molecule has 0 amide bonds. The van der Waals surface area contributed by atoms with E-state index >= 15 is 0 Å². The molecular weight excluding hydrogens is 267 g/mol. The van der Waals surface area contributed by atoms with Gasteiger partial charge in [0.2, 0.25) is 0 Å². The topological polar surface area (TPSA) is 62.2 Å². The second kappa shape index (κ2) is 5.79. The van der Waals surface area contributed by atoms with Gasteiger partial charge in [0.15, 0.2) is 0 Å². The van der Waals surface area contributed by atoms with E-state index in [1.165, 1.54) is 29.5 Å². The molecule has 0 unspecified atom stereocenters. The summed E-state index contributed by atoms with van der Waals surface area (Å²) in [5, 5.41) is 14.7. The van der Waals surface area contributed by atoms with Gasteiger partial charge >= 0.3 is 5.97 Å². The van der Waals surface area contributed by atoms with Crippen LogP contribution in [0.2, 0.25) is 0 Å². The van der Waals surface area contributed by atoms with E-state index in [9.17, 15) is 9.18 Å². The number of halogens is 1. The summed E-state index contributed by atoms with van der Waals surface area (Å²) in [5.74, 6) is -1.71. The van der Waals surface area contributed by atoms with E-state index in [-0.39, 0.29) is 11.3 Å². The lowest BCUT2D eigenvalue weighted by molar-refractivity contribution is 0.0697. The number of para-hydroxylation sites is 1. The first-order chi connectivity index (χ1) is 9.08. The Balaban J connectivity index is 2.05. The Morgan fingerprint density at radius 2 is 2.32 bits per heavy atom. The first-order valence-electron chi connectivity index (χ1n) is 5.74. The molecule has 1 heterocycles. The van der Waals surface area contributed by atoms with Crippen LogP contribution in [0.3, 0.4) is 0 Å². The minimum atomic E-state index is -1.15. The van der Waals surface area contributed by atoms with Crippen LogP contribution in [0.5, 0.6) is 0 Å². The Morgan fingerprint density at radius 1 is 1.53 bits per heavy atom. The van der Waals surface area contributed by atoms with Crippen LogP contribution in [0, 0.1) is 12.7 Å². The minimum absolute atomic E-state index is 0.0308. The fourth-order valence-corrected chi connectivity index (χ4v) is 2.47.